The molecule has 2 rings (SSSR count). The molecule has 1 N–H and O–H groups in total. The molecule has 1 aromatic carbocycles. The Balaban J connectivity index is 2.14. The van der Waals surface area contributed by atoms with E-state index >= 15 is 0 Å². The number of nitrogens with zero attached hydrogens (tertiary/aromatic N) is 1. The predicted octanol–water partition coefficient (Wildman–Crippen LogP) is 5.53. The van der Waals surface area contributed by atoms with E-state index in [1.165, 1.54) is 0 Å². The first-order chi connectivity index (χ1) is 8.58. The van der Waals surface area contributed by atoms with E-state index in [2.05, 4.69) is 42.2 Å². The molecular formula is C12H8Br2Cl2N2. The second kappa shape index (κ2) is 6.24. The van der Waals surface area contributed by atoms with Crippen molar-refractivity contribution in [1.82, 2.24) is 4.98 Å². The monoisotopic (exact) mass is 408 g/mol. The smallest absolute Gasteiger partial charge is 0.0823 e. The van der Waals surface area contributed by atoms with Crippen LogP contribution in [0.5, 0.6) is 0 Å². The number of hydrogen-bond donors (Lipinski definition) is 1. The topological polar surface area (TPSA) is 24.9 Å². The maximum atomic E-state index is 6.09. The van der Waals surface area contributed by atoms with Crippen LogP contribution in [0.3, 0.4) is 0 Å². The lowest BCUT2D eigenvalue weighted by Crippen LogP contribution is -2.03. The molecule has 2 aromatic rings. The number of nitrogens with one attached hydrogen (secondary N) is 1. The van der Waals surface area contributed by atoms with Gasteiger partial charge in [-0.25, -0.2) is 0 Å². The second-order valence-corrected chi connectivity index (χ2v) is 6.09. The van der Waals surface area contributed by atoms with E-state index in [0.717, 1.165) is 20.3 Å². The summed E-state index contributed by atoms with van der Waals surface area (Å²) in [6.07, 6.45) is 1.75. The van der Waals surface area contributed by atoms with Crippen molar-refractivity contribution >= 4 is 60.7 Å². The van der Waals surface area contributed by atoms with Gasteiger partial charge in [-0.15, -0.1) is 0 Å². The normalized spacial score (nSPS) is 10.4. The molecule has 0 bridgehead atoms. The minimum atomic E-state index is 0.521. The fourth-order valence-corrected chi connectivity index (χ4v) is 2.89. The minimum Gasteiger partial charge on any atom is -0.378 e. The lowest BCUT2D eigenvalue weighted by molar-refractivity contribution is 1.03. The van der Waals surface area contributed by atoms with Crippen molar-refractivity contribution in [3.63, 3.8) is 0 Å². The molecule has 1 heterocycles. The van der Waals surface area contributed by atoms with Crippen molar-refractivity contribution in [3.05, 3.63) is 55.1 Å². The van der Waals surface area contributed by atoms with Crippen molar-refractivity contribution in [1.29, 1.82) is 0 Å². The average Bonchev–Trinajstić information content (AvgIpc) is 2.33. The molecule has 94 valence electrons. The number of pyridine rings is 1. The maximum Gasteiger partial charge on any atom is 0.0823 e. The molecule has 0 unspecified atom stereocenters. The third-order valence-corrected chi connectivity index (χ3v) is 4.22. The molecule has 0 atom stereocenters. The van der Waals surface area contributed by atoms with E-state index in [4.69, 9.17) is 23.2 Å². The summed E-state index contributed by atoms with van der Waals surface area (Å²) in [5, 5.41) is 4.26. The SMILES string of the molecule is Clc1cccc(NCc2ncc(Br)cc2Br)c1Cl. The van der Waals surface area contributed by atoms with Gasteiger partial charge in [0.05, 0.1) is 28.0 Å². The van der Waals surface area contributed by atoms with Gasteiger partial charge >= 0.3 is 0 Å². The molecule has 0 fully saturated rings. The summed E-state index contributed by atoms with van der Waals surface area (Å²) < 4.78 is 1.86. The highest BCUT2D eigenvalue weighted by Crippen LogP contribution is 2.30. The highest BCUT2D eigenvalue weighted by Gasteiger charge is 2.06. The van der Waals surface area contributed by atoms with Gasteiger partial charge in [0.1, 0.15) is 0 Å². The van der Waals surface area contributed by atoms with Crippen molar-refractivity contribution in [2.75, 3.05) is 5.32 Å². The predicted molar refractivity (Wildman–Crippen MR) is 83.4 cm³/mol. The number of benzene rings is 1. The zero-order valence-electron chi connectivity index (χ0n) is 9.05. The van der Waals surface area contributed by atoms with Crippen LogP contribution in [0.25, 0.3) is 0 Å². The van der Waals surface area contributed by atoms with E-state index in [1.54, 1.807) is 12.3 Å². The first-order valence-corrected chi connectivity index (χ1v) is 7.40. The molecule has 0 aliphatic heterocycles. The van der Waals surface area contributed by atoms with Crippen LogP contribution in [0.2, 0.25) is 10.0 Å². The Labute approximate surface area is 132 Å². The quantitative estimate of drug-likeness (QED) is 0.720. The molecule has 6 heteroatoms. The Morgan fingerprint density at radius 2 is 2.00 bits per heavy atom. The summed E-state index contributed by atoms with van der Waals surface area (Å²) in [4.78, 5) is 4.31. The Morgan fingerprint density at radius 3 is 2.72 bits per heavy atom. The first-order valence-electron chi connectivity index (χ1n) is 5.05. The minimum absolute atomic E-state index is 0.521. The summed E-state index contributed by atoms with van der Waals surface area (Å²) in [5.74, 6) is 0. The third kappa shape index (κ3) is 3.38. The lowest BCUT2D eigenvalue weighted by Gasteiger charge is -2.10. The Hall–Kier alpha value is -0.290. The van der Waals surface area contributed by atoms with E-state index < -0.39 is 0 Å². The summed E-state index contributed by atoms with van der Waals surface area (Å²) in [6, 6.07) is 7.42. The number of anilines is 1. The van der Waals surface area contributed by atoms with Crippen LogP contribution < -0.4 is 5.32 Å². The molecule has 2 nitrogen and oxygen atoms in total. The van der Waals surface area contributed by atoms with E-state index in [1.807, 2.05) is 18.2 Å². The van der Waals surface area contributed by atoms with Crippen LogP contribution in [0, 0.1) is 0 Å². The van der Waals surface area contributed by atoms with E-state index in [0.29, 0.717) is 16.6 Å². The molecule has 1 aromatic heterocycles. The zero-order valence-corrected chi connectivity index (χ0v) is 13.7. The van der Waals surface area contributed by atoms with Crippen molar-refractivity contribution in [2.24, 2.45) is 0 Å². The summed E-state index contributed by atoms with van der Waals surface area (Å²) in [7, 11) is 0. The maximum absolute atomic E-state index is 6.09. The highest BCUT2D eigenvalue weighted by atomic mass is 79.9. The summed E-state index contributed by atoms with van der Waals surface area (Å²) in [5.41, 5.74) is 1.69. The van der Waals surface area contributed by atoms with E-state index in [9.17, 15) is 0 Å². The summed E-state index contributed by atoms with van der Waals surface area (Å²) >= 11 is 18.9. The van der Waals surface area contributed by atoms with Crippen molar-refractivity contribution in [2.45, 2.75) is 6.54 Å². The number of rotatable bonds is 3. The average molecular weight is 411 g/mol. The molecule has 0 aliphatic rings. The number of halogens is 4. The van der Waals surface area contributed by atoms with Gasteiger partial charge in [-0.1, -0.05) is 29.3 Å². The van der Waals surface area contributed by atoms with Gasteiger partial charge < -0.3 is 5.32 Å². The van der Waals surface area contributed by atoms with Gasteiger partial charge in [-0.2, -0.15) is 0 Å². The number of hydrogen-bond acceptors (Lipinski definition) is 2. The Morgan fingerprint density at radius 1 is 1.22 bits per heavy atom. The van der Waals surface area contributed by atoms with E-state index in [-0.39, 0.29) is 0 Å². The van der Waals surface area contributed by atoms with Gasteiger partial charge in [-0.05, 0) is 50.1 Å². The van der Waals surface area contributed by atoms with Gasteiger partial charge in [0.25, 0.3) is 0 Å². The fraction of sp³-hybridized carbons (Fsp3) is 0.0833. The Bertz CT molecular complexity index is 576. The van der Waals surface area contributed by atoms with Gasteiger partial charge in [0.15, 0.2) is 0 Å². The van der Waals surface area contributed by atoms with Gasteiger partial charge in [-0.3, -0.25) is 4.98 Å². The van der Waals surface area contributed by atoms with Crippen molar-refractivity contribution in [3.8, 4) is 0 Å². The molecule has 18 heavy (non-hydrogen) atoms. The van der Waals surface area contributed by atoms with Crippen LogP contribution in [-0.4, -0.2) is 4.98 Å². The molecule has 0 spiro atoms. The van der Waals surface area contributed by atoms with Crippen LogP contribution in [0.1, 0.15) is 5.69 Å². The molecule has 0 amide bonds. The highest BCUT2D eigenvalue weighted by molar-refractivity contribution is 9.11. The fourth-order valence-electron chi connectivity index (χ4n) is 1.39. The first kappa shape index (κ1) is 14.1. The molecule has 0 radical (unpaired) electrons. The lowest BCUT2D eigenvalue weighted by atomic mass is 10.3. The zero-order chi connectivity index (χ0) is 13.1. The van der Waals surface area contributed by atoms with Crippen LogP contribution in [0.4, 0.5) is 5.69 Å². The van der Waals surface area contributed by atoms with Gasteiger partial charge in [0.2, 0.25) is 0 Å². The summed E-state index contributed by atoms with van der Waals surface area (Å²) in [6.45, 7) is 0.563. The van der Waals surface area contributed by atoms with Crippen molar-refractivity contribution < 1.29 is 0 Å². The second-order valence-electron chi connectivity index (χ2n) is 3.54. The molecular weight excluding hydrogens is 403 g/mol. The van der Waals surface area contributed by atoms with Gasteiger partial charge in [0, 0.05) is 15.1 Å². The Kier molecular flexibility index (Phi) is 4.90. The van der Waals surface area contributed by atoms with Crippen LogP contribution in [0.15, 0.2) is 39.4 Å². The standard InChI is InChI=1S/C12H8Br2Cl2N2/c13-7-4-8(14)11(17-5-7)6-18-10-3-1-2-9(15)12(10)16/h1-5,18H,6H2. The van der Waals surface area contributed by atoms with Crippen LogP contribution in [-0.2, 0) is 6.54 Å². The largest absolute Gasteiger partial charge is 0.378 e. The molecule has 0 aliphatic carbocycles. The van der Waals surface area contributed by atoms with Crippen LogP contribution >= 0.6 is 55.1 Å². The molecule has 0 saturated heterocycles. The third-order valence-electron chi connectivity index (χ3n) is 2.28. The number of aromatic nitrogens is 1. The molecule has 0 saturated carbocycles.